The van der Waals surface area contributed by atoms with Crippen LogP contribution in [0.3, 0.4) is 0 Å². The van der Waals surface area contributed by atoms with Gasteiger partial charge in [-0.2, -0.15) is 0 Å². The van der Waals surface area contributed by atoms with Gasteiger partial charge in [-0.15, -0.1) is 0 Å². The predicted molar refractivity (Wildman–Crippen MR) is 96.9 cm³/mol. The second-order valence-corrected chi connectivity index (χ2v) is 5.78. The van der Waals surface area contributed by atoms with Crippen LogP contribution in [0.2, 0.25) is 5.02 Å². The first-order valence-electron chi connectivity index (χ1n) is 7.65. The molecule has 0 bridgehead atoms. The van der Waals surface area contributed by atoms with Gasteiger partial charge in [-0.3, -0.25) is 9.78 Å². The monoisotopic (exact) mass is 385 g/mol. The van der Waals surface area contributed by atoms with Crippen molar-refractivity contribution in [2.45, 2.75) is 0 Å². The molecule has 0 aliphatic heterocycles. The largest absolute Gasteiger partial charge is 0.478 e. The number of amides is 1. The zero-order valence-electron chi connectivity index (χ0n) is 13.7. The molecule has 1 heterocycles. The molecule has 0 fully saturated rings. The van der Waals surface area contributed by atoms with Crippen molar-refractivity contribution >= 4 is 46.2 Å². The highest BCUT2D eigenvalue weighted by Crippen LogP contribution is 2.20. The minimum absolute atomic E-state index is 0.0267. The van der Waals surface area contributed by atoms with Crippen LogP contribution in [0.5, 0.6) is 0 Å². The van der Waals surface area contributed by atoms with E-state index in [0.717, 1.165) is 0 Å². The van der Waals surface area contributed by atoms with Crippen molar-refractivity contribution in [1.82, 2.24) is 9.97 Å². The van der Waals surface area contributed by atoms with Gasteiger partial charge in [0.15, 0.2) is 12.3 Å². The Hall–Kier alpha value is -3.52. The van der Waals surface area contributed by atoms with Crippen LogP contribution in [0.25, 0.3) is 11.0 Å². The maximum Gasteiger partial charge on any atom is 0.359 e. The fourth-order valence-corrected chi connectivity index (χ4v) is 2.42. The number of benzene rings is 2. The van der Waals surface area contributed by atoms with Gasteiger partial charge in [0.2, 0.25) is 0 Å². The van der Waals surface area contributed by atoms with Gasteiger partial charge in [0.25, 0.3) is 5.91 Å². The van der Waals surface area contributed by atoms with Crippen LogP contribution in [0.1, 0.15) is 20.8 Å². The molecule has 0 spiro atoms. The number of aromatic carboxylic acids is 1. The highest BCUT2D eigenvalue weighted by Gasteiger charge is 2.14. The third kappa shape index (κ3) is 4.36. The molecule has 0 saturated carbocycles. The number of carboxylic acid groups (broad SMARTS) is 1. The number of para-hydroxylation sites is 2. The maximum absolute atomic E-state index is 12.0. The van der Waals surface area contributed by atoms with E-state index in [2.05, 4.69) is 15.3 Å². The quantitative estimate of drug-likeness (QED) is 0.648. The first-order chi connectivity index (χ1) is 12.9. The molecule has 0 atom stereocenters. The normalized spacial score (nSPS) is 10.4. The van der Waals surface area contributed by atoms with Crippen LogP contribution >= 0.6 is 11.6 Å². The third-order valence-electron chi connectivity index (χ3n) is 3.47. The van der Waals surface area contributed by atoms with Crippen LogP contribution in [0.15, 0.2) is 48.7 Å². The number of hydrogen-bond donors (Lipinski definition) is 2. The molecule has 0 aliphatic carbocycles. The van der Waals surface area contributed by atoms with E-state index in [1.165, 1.54) is 24.4 Å². The van der Waals surface area contributed by atoms with Gasteiger partial charge < -0.3 is 15.2 Å². The molecule has 9 heteroatoms. The summed E-state index contributed by atoms with van der Waals surface area (Å²) in [6, 6.07) is 11.0. The average molecular weight is 386 g/mol. The lowest BCUT2D eigenvalue weighted by atomic mass is 10.2. The number of nitrogens with zero attached hydrogens (tertiary/aromatic N) is 2. The molecule has 1 amide bonds. The molecule has 3 aromatic rings. The van der Waals surface area contributed by atoms with Crippen molar-refractivity contribution in [1.29, 1.82) is 0 Å². The number of esters is 1. The molecule has 3 rings (SSSR count). The summed E-state index contributed by atoms with van der Waals surface area (Å²) in [4.78, 5) is 43.2. The van der Waals surface area contributed by atoms with E-state index >= 15 is 0 Å². The number of halogens is 1. The van der Waals surface area contributed by atoms with Crippen LogP contribution in [0, 0.1) is 0 Å². The van der Waals surface area contributed by atoms with E-state index in [9.17, 15) is 14.4 Å². The molecule has 136 valence electrons. The van der Waals surface area contributed by atoms with E-state index in [1.54, 1.807) is 24.3 Å². The summed E-state index contributed by atoms with van der Waals surface area (Å²) >= 11 is 5.76. The lowest BCUT2D eigenvalue weighted by molar-refractivity contribution is -0.119. The minimum atomic E-state index is -1.22. The SMILES string of the molecule is O=C(COC(=O)c1cnc2ccccc2n1)Nc1ccc(Cl)c(C(=O)O)c1. The Morgan fingerprint density at radius 3 is 2.59 bits per heavy atom. The number of aromatic nitrogens is 2. The van der Waals surface area contributed by atoms with Crippen molar-refractivity contribution in [3.63, 3.8) is 0 Å². The van der Waals surface area contributed by atoms with E-state index in [0.29, 0.717) is 11.0 Å². The van der Waals surface area contributed by atoms with Gasteiger partial charge in [0.05, 0.1) is 27.8 Å². The first kappa shape index (κ1) is 18.3. The molecule has 0 saturated heterocycles. The van der Waals surface area contributed by atoms with Gasteiger partial charge in [-0.05, 0) is 30.3 Å². The van der Waals surface area contributed by atoms with Gasteiger partial charge in [0, 0.05) is 5.69 Å². The molecule has 8 nitrogen and oxygen atoms in total. The Morgan fingerprint density at radius 1 is 1.11 bits per heavy atom. The standard InChI is InChI=1S/C18H12ClN3O5/c19-12-6-5-10(7-11(12)17(24)25)21-16(23)9-27-18(26)15-8-20-13-3-1-2-4-14(13)22-15/h1-8H,9H2,(H,21,23)(H,24,25). The number of rotatable bonds is 5. The second kappa shape index (κ2) is 7.79. The predicted octanol–water partition coefficient (Wildman–Crippen LogP) is 2.78. The molecule has 1 aromatic heterocycles. The first-order valence-corrected chi connectivity index (χ1v) is 8.03. The molecule has 0 unspecified atom stereocenters. The molecule has 0 radical (unpaired) electrons. The fraction of sp³-hybridized carbons (Fsp3) is 0.0556. The zero-order chi connectivity index (χ0) is 19.4. The van der Waals surface area contributed by atoms with Gasteiger partial charge in [-0.1, -0.05) is 23.7 Å². The smallest absolute Gasteiger partial charge is 0.359 e. The number of hydrogen-bond acceptors (Lipinski definition) is 6. The Morgan fingerprint density at radius 2 is 1.85 bits per heavy atom. The second-order valence-electron chi connectivity index (χ2n) is 5.37. The highest BCUT2D eigenvalue weighted by atomic mass is 35.5. The molecule has 2 N–H and O–H groups in total. The van der Waals surface area contributed by atoms with Crippen molar-refractivity contribution in [2.75, 3.05) is 11.9 Å². The lowest BCUT2D eigenvalue weighted by Gasteiger charge is -2.08. The fourth-order valence-electron chi connectivity index (χ4n) is 2.22. The molecular formula is C18H12ClN3O5. The summed E-state index contributed by atoms with van der Waals surface area (Å²) in [7, 11) is 0. The Kier molecular flexibility index (Phi) is 5.28. The van der Waals surface area contributed by atoms with Crippen molar-refractivity contribution < 1.29 is 24.2 Å². The minimum Gasteiger partial charge on any atom is -0.478 e. The average Bonchev–Trinajstić information content (AvgIpc) is 2.67. The third-order valence-corrected chi connectivity index (χ3v) is 3.80. The topological polar surface area (TPSA) is 118 Å². The van der Waals surface area contributed by atoms with Gasteiger partial charge in [-0.25, -0.2) is 14.6 Å². The summed E-state index contributed by atoms with van der Waals surface area (Å²) in [5.41, 5.74) is 1.19. The molecule has 27 heavy (non-hydrogen) atoms. The summed E-state index contributed by atoms with van der Waals surface area (Å²) in [6.45, 7) is -0.571. The number of fused-ring (bicyclic) bond motifs is 1. The lowest BCUT2D eigenvalue weighted by Crippen LogP contribution is -2.21. The van der Waals surface area contributed by atoms with E-state index in [4.69, 9.17) is 21.4 Å². The summed E-state index contributed by atoms with van der Waals surface area (Å²) in [6.07, 6.45) is 1.26. The number of anilines is 1. The summed E-state index contributed by atoms with van der Waals surface area (Å²) in [5, 5.41) is 11.5. The summed E-state index contributed by atoms with van der Waals surface area (Å²) < 4.78 is 4.92. The zero-order valence-corrected chi connectivity index (χ0v) is 14.4. The number of carbonyl (C=O) groups is 3. The molecule has 2 aromatic carbocycles. The van der Waals surface area contributed by atoms with Crippen molar-refractivity contribution in [3.05, 3.63) is 64.9 Å². The summed E-state index contributed by atoms with van der Waals surface area (Å²) in [5.74, 6) is -2.67. The molecule has 0 aliphatic rings. The van der Waals surface area contributed by atoms with Crippen LogP contribution in [0.4, 0.5) is 5.69 Å². The number of ether oxygens (including phenoxy) is 1. The van der Waals surface area contributed by atoms with Crippen molar-refractivity contribution in [3.8, 4) is 0 Å². The van der Waals surface area contributed by atoms with Crippen LogP contribution < -0.4 is 5.32 Å². The van der Waals surface area contributed by atoms with Gasteiger partial charge in [0.1, 0.15) is 0 Å². The number of nitrogens with one attached hydrogen (secondary N) is 1. The Balaban J connectivity index is 1.62. The number of carboxylic acids is 1. The van der Waals surface area contributed by atoms with Crippen LogP contribution in [-0.4, -0.2) is 39.5 Å². The Labute approximate surface area is 157 Å². The van der Waals surface area contributed by atoms with E-state index in [1.807, 2.05) is 0 Å². The maximum atomic E-state index is 12.0. The van der Waals surface area contributed by atoms with Crippen molar-refractivity contribution in [2.24, 2.45) is 0 Å². The number of carbonyl (C=O) groups excluding carboxylic acids is 2. The van der Waals surface area contributed by atoms with E-state index in [-0.39, 0.29) is 22.0 Å². The van der Waals surface area contributed by atoms with E-state index < -0.39 is 24.5 Å². The Bertz CT molecular complexity index is 1050. The highest BCUT2D eigenvalue weighted by molar-refractivity contribution is 6.33. The van der Waals surface area contributed by atoms with Crippen LogP contribution in [-0.2, 0) is 9.53 Å². The molecular weight excluding hydrogens is 374 g/mol. The van der Waals surface area contributed by atoms with Gasteiger partial charge >= 0.3 is 11.9 Å².